The smallest absolute Gasteiger partial charge is 0.164 e. The van der Waals surface area contributed by atoms with Gasteiger partial charge in [0.05, 0.1) is 20.2 Å². The number of hydrogen-bond acceptors (Lipinski definition) is 4. The summed E-state index contributed by atoms with van der Waals surface area (Å²) >= 11 is 3.55. The first kappa shape index (κ1) is 16.0. The Kier molecular flexibility index (Phi) is 5.76. The van der Waals surface area contributed by atoms with Crippen molar-refractivity contribution >= 4 is 15.9 Å². The summed E-state index contributed by atoms with van der Waals surface area (Å²) < 4.78 is 8.13. The fourth-order valence-electron chi connectivity index (χ4n) is 1.94. The second kappa shape index (κ2) is 7.56. The van der Waals surface area contributed by atoms with Gasteiger partial charge >= 0.3 is 0 Å². The zero-order valence-corrected chi connectivity index (χ0v) is 14.2. The SMILES string of the molecule is COc1ccc(Br)c(Cn2cnc(CNCC(C)C)n2)c1. The van der Waals surface area contributed by atoms with E-state index in [-0.39, 0.29) is 0 Å². The molecule has 1 aromatic carbocycles. The molecule has 2 aromatic rings. The van der Waals surface area contributed by atoms with E-state index in [0.29, 0.717) is 19.0 Å². The molecule has 0 aliphatic carbocycles. The molecule has 0 fully saturated rings. The van der Waals surface area contributed by atoms with Crippen LogP contribution >= 0.6 is 15.9 Å². The predicted molar refractivity (Wildman–Crippen MR) is 86.4 cm³/mol. The number of aromatic nitrogens is 3. The lowest BCUT2D eigenvalue weighted by Gasteiger charge is -2.07. The van der Waals surface area contributed by atoms with E-state index < -0.39 is 0 Å². The van der Waals surface area contributed by atoms with Crippen LogP contribution in [0.3, 0.4) is 0 Å². The van der Waals surface area contributed by atoms with E-state index >= 15 is 0 Å². The van der Waals surface area contributed by atoms with Crippen molar-refractivity contribution in [3.05, 3.63) is 40.4 Å². The lowest BCUT2D eigenvalue weighted by Crippen LogP contribution is -2.19. The van der Waals surface area contributed by atoms with Crippen LogP contribution in [-0.4, -0.2) is 28.4 Å². The van der Waals surface area contributed by atoms with Crippen molar-refractivity contribution in [2.24, 2.45) is 5.92 Å². The number of nitrogens with one attached hydrogen (secondary N) is 1. The van der Waals surface area contributed by atoms with Crippen molar-refractivity contribution in [2.75, 3.05) is 13.7 Å². The first-order chi connectivity index (χ1) is 10.1. The van der Waals surface area contributed by atoms with Crippen molar-refractivity contribution in [3.8, 4) is 5.75 Å². The van der Waals surface area contributed by atoms with Gasteiger partial charge in [0.25, 0.3) is 0 Å². The van der Waals surface area contributed by atoms with E-state index in [2.05, 4.69) is 45.2 Å². The Labute approximate surface area is 133 Å². The number of methoxy groups -OCH3 is 1. The molecule has 114 valence electrons. The van der Waals surface area contributed by atoms with Crippen LogP contribution in [0.4, 0.5) is 0 Å². The highest BCUT2D eigenvalue weighted by Crippen LogP contribution is 2.23. The highest BCUT2D eigenvalue weighted by atomic mass is 79.9. The molecule has 0 bridgehead atoms. The summed E-state index contributed by atoms with van der Waals surface area (Å²) in [6, 6.07) is 5.91. The molecule has 1 aromatic heterocycles. The summed E-state index contributed by atoms with van der Waals surface area (Å²) in [4.78, 5) is 4.32. The van der Waals surface area contributed by atoms with Crippen LogP contribution in [0.1, 0.15) is 25.2 Å². The Morgan fingerprint density at radius 3 is 2.90 bits per heavy atom. The predicted octanol–water partition coefficient (Wildman–Crippen LogP) is 2.84. The molecule has 0 spiro atoms. The maximum absolute atomic E-state index is 5.25. The van der Waals surface area contributed by atoms with Crippen molar-refractivity contribution in [1.82, 2.24) is 20.1 Å². The Hall–Kier alpha value is -1.40. The van der Waals surface area contributed by atoms with Crippen molar-refractivity contribution in [1.29, 1.82) is 0 Å². The average molecular weight is 353 g/mol. The molecular formula is C15H21BrN4O. The summed E-state index contributed by atoms with van der Waals surface area (Å²) in [5.41, 5.74) is 1.11. The third kappa shape index (κ3) is 4.82. The van der Waals surface area contributed by atoms with Gasteiger partial charge in [-0.1, -0.05) is 29.8 Å². The monoisotopic (exact) mass is 352 g/mol. The molecule has 1 N–H and O–H groups in total. The van der Waals surface area contributed by atoms with Crippen LogP contribution in [0.5, 0.6) is 5.75 Å². The lowest BCUT2D eigenvalue weighted by atomic mass is 10.2. The topological polar surface area (TPSA) is 52.0 Å². The molecule has 0 aliphatic heterocycles. The number of rotatable bonds is 7. The van der Waals surface area contributed by atoms with E-state index in [1.54, 1.807) is 13.4 Å². The van der Waals surface area contributed by atoms with E-state index in [9.17, 15) is 0 Å². The molecule has 0 saturated carbocycles. The maximum atomic E-state index is 5.25. The van der Waals surface area contributed by atoms with E-state index in [1.165, 1.54) is 0 Å². The Morgan fingerprint density at radius 2 is 2.19 bits per heavy atom. The number of benzene rings is 1. The van der Waals surface area contributed by atoms with Crippen molar-refractivity contribution in [2.45, 2.75) is 26.9 Å². The zero-order chi connectivity index (χ0) is 15.2. The van der Waals surface area contributed by atoms with Crippen LogP contribution < -0.4 is 10.1 Å². The molecule has 5 nitrogen and oxygen atoms in total. The number of ether oxygens (including phenoxy) is 1. The van der Waals surface area contributed by atoms with Gasteiger partial charge in [-0.15, -0.1) is 0 Å². The van der Waals surface area contributed by atoms with Crippen LogP contribution in [0.25, 0.3) is 0 Å². The number of hydrogen-bond donors (Lipinski definition) is 1. The van der Waals surface area contributed by atoms with Gasteiger partial charge in [-0.2, -0.15) is 5.10 Å². The molecule has 0 atom stereocenters. The van der Waals surface area contributed by atoms with Gasteiger partial charge in [-0.25, -0.2) is 9.67 Å². The summed E-state index contributed by atoms with van der Waals surface area (Å²) in [7, 11) is 1.67. The first-order valence-corrected chi connectivity index (χ1v) is 7.79. The summed E-state index contributed by atoms with van der Waals surface area (Å²) in [5.74, 6) is 2.28. The second-order valence-corrected chi connectivity index (χ2v) is 6.19. The van der Waals surface area contributed by atoms with Crippen molar-refractivity contribution < 1.29 is 4.74 Å². The van der Waals surface area contributed by atoms with E-state index in [0.717, 1.165) is 28.2 Å². The van der Waals surface area contributed by atoms with E-state index in [1.807, 2.05) is 22.9 Å². The molecule has 21 heavy (non-hydrogen) atoms. The molecule has 0 radical (unpaired) electrons. The van der Waals surface area contributed by atoms with Gasteiger partial charge in [0, 0.05) is 4.47 Å². The summed E-state index contributed by atoms with van der Waals surface area (Å²) in [6.07, 6.45) is 1.76. The Bertz CT molecular complexity index is 583. The van der Waals surface area contributed by atoms with Gasteiger partial charge in [-0.05, 0) is 36.2 Å². The van der Waals surface area contributed by atoms with Crippen molar-refractivity contribution in [3.63, 3.8) is 0 Å². The number of nitrogens with zero attached hydrogens (tertiary/aromatic N) is 3. The Balaban J connectivity index is 1.99. The summed E-state index contributed by atoms with van der Waals surface area (Å²) in [5, 5.41) is 7.82. The minimum Gasteiger partial charge on any atom is -0.497 e. The Morgan fingerprint density at radius 1 is 1.38 bits per heavy atom. The second-order valence-electron chi connectivity index (χ2n) is 5.34. The van der Waals surface area contributed by atoms with Crippen LogP contribution in [0.15, 0.2) is 29.0 Å². The highest BCUT2D eigenvalue weighted by Gasteiger charge is 2.06. The van der Waals surface area contributed by atoms with Crippen LogP contribution in [-0.2, 0) is 13.1 Å². The third-order valence-corrected chi connectivity index (χ3v) is 3.78. The third-order valence-electron chi connectivity index (χ3n) is 3.00. The quantitative estimate of drug-likeness (QED) is 0.832. The summed E-state index contributed by atoms with van der Waals surface area (Å²) in [6.45, 7) is 6.69. The first-order valence-electron chi connectivity index (χ1n) is 7.00. The largest absolute Gasteiger partial charge is 0.497 e. The fourth-order valence-corrected chi connectivity index (χ4v) is 2.31. The standard InChI is InChI=1S/C15H21BrN4O/c1-11(2)7-17-8-15-18-10-20(19-15)9-12-6-13(21-3)4-5-14(12)16/h4-6,10-11,17H,7-9H2,1-3H3. The molecular weight excluding hydrogens is 332 g/mol. The average Bonchev–Trinajstić information content (AvgIpc) is 2.88. The molecule has 0 unspecified atom stereocenters. The highest BCUT2D eigenvalue weighted by molar-refractivity contribution is 9.10. The lowest BCUT2D eigenvalue weighted by molar-refractivity contribution is 0.414. The molecule has 2 rings (SSSR count). The van der Waals surface area contributed by atoms with E-state index in [4.69, 9.17) is 4.74 Å². The fraction of sp³-hybridized carbons (Fsp3) is 0.467. The molecule has 1 heterocycles. The zero-order valence-electron chi connectivity index (χ0n) is 12.6. The normalized spacial score (nSPS) is 11.1. The van der Waals surface area contributed by atoms with Crippen LogP contribution in [0, 0.1) is 5.92 Å². The van der Waals surface area contributed by atoms with Gasteiger partial charge in [0.2, 0.25) is 0 Å². The minimum atomic E-state index is 0.625. The van der Waals surface area contributed by atoms with Gasteiger partial charge in [0.1, 0.15) is 12.1 Å². The van der Waals surface area contributed by atoms with Gasteiger partial charge in [0.15, 0.2) is 5.82 Å². The molecule has 0 saturated heterocycles. The molecule has 0 aliphatic rings. The van der Waals surface area contributed by atoms with Crippen LogP contribution in [0.2, 0.25) is 0 Å². The molecule has 0 amide bonds. The minimum absolute atomic E-state index is 0.625. The number of halogens is 1. The van der Waals surface area contributed by atoms with Gasteiger partial charge < -0.3 is 10.1 Å². The molecule has 6 heteroatoms. The van der Waals surface area contributed by atoms with Gasteiger partial charge in [-0.3, -0.25) is 0 Å². The maximum Gasteiger partial charge on any atom is 0.164 e.